The van der Waals surface area contributed by atoms with Crippen LogP contribution in [0.2, 0.25) is 0 Å². The lowest BCUT2D eigenvalue weighted by Gasteiger charge is -2.36. The van der Waals surface area contributed by atoms with E-state index in [-0.39, 0.29) is 23.8 Å². The van der Waals surface area contributed by atoms with Crippen LogP contribution >= 0.6 is 31.9 Å². The van der Waals surface area contributed by atoms with E-state index in [1.54, 1.807) is 14.2 Å². The number of Topliss-reactive ketones (excluding diaryl/α,β-unsaturated/α-hetero) is 1. The fourth-order valence-electron chi connectivity index (χ4n) is 3.47. The molecule has 0 radical (unpaired) electrons. The lowest BCUT2D eigenvalue weighted by Crippen LogP contribution is -2.41. The van der Waals surface area contributed by atoms with Crippen LogP contribution in [0.25, 0.3) is 0 Å². The minimum Gasteiger partial charge on any atom is -0.496 e. The van der Waals surface area contributed by atoms with Crippen molar-refractivity contribution >= 4 is 37.6 Å². The number of nitrogens with one attached hydrogen (secondary N) is 1. The van der Waals surface area contributed by atoms with Crippen LogP contribution in [0, 0.1) is 5.92 Å². The summed E-state index contributed by atoms with van der Waals surface area (Å²) in [6.07, 6.45) is 0.439. The van der Waals surface area contributed by atoms with Gasteiger partial charge in [-0.25, -0.2) is 0 Å². The van der Waals surface area contributed by atoms with Gasteiger partial charge in [0.15, 0.2) is 0 Å². The highest BCUT2D eigenvalue weighted by atomic mass is 79.9. The van der Waals surface area contributed by atoms with Crippen LogP contribution in [0.1, 0.15) is 36.6 Å². The number of rotatable bonds is 4. The Hall–Kier alpha value is -1.37. The Morgan fingerprint density at radius 2 is 1.50 bits per heavy atom. The van der Waals surface area contributed by atoms with Gasteiger partial charge in [-0.15, -0.1) is 0 Å². The predicted molar refractivity (Wildman–Crippen MR) is 109 cm³/mol. The Balaban J connectivity index is 1.99. The molecule has 1 N–H and O–H groups in total. The summed E-state index contributed by atoms with van der Waals surface area (Å²) in [5, 5.41) is 3.64. The minimum absolute atomic E-state index is 0.111. The number of halogens is 2. The monoisotopic (exact) mass is 481 g/mol. The van der Waals surface area contributed by atoms with Gasteiger partial charge in [0.25, 0.3) is 0 Å². The maximum absolute atomic E-state index is 12.8. The second kappa shape index (κ2) is 8.11. The molecule has 1 aliphatic heterocycles. The average Bonchev–Trinajstić information content (AvgIpc) is 2.63. The Morgan fingerprint density at radius 3 is 2.08 bits per heavy atom. The van der Waals surface area contributed by atoms with Crippen molar-refractivity contribution in [2.45, 2.75) is 25.4 Å². The first kappa shape index (κ1) is 19.4. The van der Waals surface area contributed by atoms with Crippen LogP contribution in [-0.4, -0.2) is 20.0 Å². The molecule has 0 saturated carbocycles. The van der Waals surface area contributed by atoms with Crippen molar-refractivity contribution in [3.05, 3.63) is 56.5 Å². The molecule has 4 nitrogen and oxygen atoms in total. The highest BCUT2D eigenvalue weighted by Gasteiger charge is 2.37. The van der Waals surface area contributed by atoms with Gasteiger partial charge >= 0.3 is 0 Å². The van der Waals surface area contributed by atoms with Crippen LogP contribution in [0.4, 0.5) is 0 Å². The molecule has 6 heteroatoms. The van der Waals surface area contributed by atoms with E-state index in [1.807, 2.05) is 43.3 Å². The third-order valence-electron chi connectivity index (χ3n) is 4.90. The van der Waals surface area contributed by atoms with E-state index < -0.39 is 0 Å². The number of benzene rings is 2. The summed E-state index contributed by atoms with van der Waals surface area (Å²) in [4.78, 5) is 12.8. The van der Waals surface area contributed by atoms with E-state index in [2.05, 4.69) is 37.2 Å². The molecular formula is C20H21Br2NO3. The van der Waals surface area contributed by atoms with Crippen LogP contribution < -0.4 is 14.8 Å². The number of methoxy groups -OCH3 is 2. The number of carbonyl (C=O) groups is 1. The summed E-state index contributed by atoms with van der Waals surface area (Å²) < 4.78 is 13.0. The Labute approximate surface area is 170 Å². The normalized spacial score (nSPS) is 23.0. The smallest absolute Gasteiger partial charge is 0.139 e. The van der Waals surface area contributed by atoms with Crippen molar-refractivity contribution in [1.29, 1.82) is 0 Å². The summed E-state index contributed by atoms with van der Waals surface area (Å²) in [6.45, 7) is 1.97. The molecule has 3 rings (SSSR count). The molecule has 0 spiro atoms. The zero-order chi connectivity index (χ0) is 18.8. The predicted octanol–water partition coefficient (Wildman–Crippen LogP) is 5.21. The minimum atomic E-state index is -0.136. The van der Waals surface area contributed by atoms with E-state index >= 15 is 0 Å². The lowest BCUT2D eigenvalue weighted by molar-refractivity contribution is -0.126. The van der Waals surface area contributed by atoms with E-state index in [1.165, 1.54) is 0 Å². The number of hydrogen-bond donors (Lipinski definition) is 1. The highest BCUT2D eigenvalue weighted by Crippen LogP contribution is 2.41. The van der Waals surface area contributed by atoms with Crippen molar-refractivity contribution in [3.8, 4) is 11.5 Å². The van der Waals surface area contributed by atoms with Gasteiger partial charge in [-0.05, 0) is 24.3 Å². The van der Waals surface area contributed by atoms with Crippen LogP contribution in [0.15, 0.2) is 45.3 Å². The fraction of sp³-hybridized carbons (Fsp3) is 0.350. The molecular weight excluding hydrogens is 462 g/mol. The van der Waals surface area contributed by atoms with Crippen LogP contribution in [-0.2, 0) is 4.79 Å². The average molecular weight is 483 g/mol. The van der Waals surface area contributed by atoms with E-state index in [0.717, 1.165) is 31.6 Å². The number of ketones is 1. The lowest BCUT2D eigenvalue weighted by atomic mass is 9.81. The molecule has 1 heterocycles. The molecule has 3 unspecified atom stereocenters. The summed E-state index contributed by atoms with van der Waals surface area (Å²) >= 11 is 6.94. The van der Waals surface area contributed by atoms with Crippen molar-refractivity contribution in [2.75, 3.05) is 14.2 Å². The van der Waals surface area contributed by atoms with Crippen molar-refractivity contribution < 1.29 is 14.3 Å². The molecule has 1 aliphatic rings. The van der Waals surface area contributed by atoms with Gasteiger partial charge in [0.2, 0.25) is 0 Å². The van der Waals surface area contributed by atoms with Crippen LogP contribution in [0.3, 0.4) is 0 Å². The van der Waals surface area contributed by atoms with E-state index in [9.17, 15) is 4.79 Å². The van der Waals surface area contributed by atoms with Gasteiger partial charge in [-0.1, -0.05) is 50.9 Å². The van der Waals surface area contributed by atoms with Gasteiger partial charge in [0, 0.05) is 44.5 Å². The zero-order valence-electron chi connectivity index (χ0n) is 14.9. The fourth-order valence-corrected chi connectivity index (χ4v) is 4.15. The third kappa shape index (κ3) is 3.82. The number of ether oxygens (including phenoxy) is 2. The van der Waals surface area contributed by atoms with Crippen molar-refractivity contribution in [3.63, 3.8) is 0 Å². The van der Waals surface area contributed by atoms with Gasteiger partial charge in [-0.3, -0.25) is 4.79 Å². The molecule has 1 fully saturated rings. The molecule has 2 aromatic carbocycles. The quantitative estimate of drug-likeness (QED) is 0.649. The molecule has 3 atom stereocenters. The summed E-state index contributed by atoms with van der Waals surface area (Å²) in [5.74, 6) is 1.62. The maximum atomic E-state index is 12.8. The first-order valence-electron chi connectivity index (χ1n) is 8.40. The highest BCUT2D eigenvalue weighted by molar-refractivity contribution is 9.10. The summed E-state index contributed by atoms with van der Waals surface area (Å²) in [5.41, 5.74) is 1.97. The van der Waals surface area contributed by atoms with Gasteiger partial charge in [0.1, 0.15) is 17.3 Å². The topological polar surface area (TPSA) is 47.6 Å². The maximum Gasteiger partial charge on any atom is 0.139 e. The standard InChI is InChI=1S/C20H21Br2NO3/c1-11-17(24)10-16(14-6-4-12(21)8-18(14)25-2)23-20(11)15-7-5-13(22)9-19(15)26-3/h4-9,11,16,20,23H,10H2,1-3H3. The SMILES string of the molecule is COc1cc(Br)ccc1C1CC(=O)C(C)C(c2ccc(Br)cc2OC)N1. The Bertz CT molecular complexity index is 825. The zero-order valence-corrected chi connectivity index (χ0v) is 18.1. The number of hydrogen-bond acceptors (Lipinski definition) is 4. The summed E-state index contributed by atoms with van der Waals surface area (Å²) in [7, 11) is 3.30. The molecule has 0 aliphatic carbocycles. The van der Waals surface area contributed by atoms with Gasteiger partial charge in [-0.2, -0.15) is 0 Å². The number of carbonyl (C=O) groups excluding carboxylic acids is 1. The van der Waals surface area contributed by atoms with Crippen LogP contribution in [0.5, 0.6) is 11.5 Å². The Morgan fingerprint density at radius 1 is 0.962 bits per heavy atom. The van der Waals surface area contributed by atoms with E-state index in [0.29, 0.717) is 6.42 Å². The van der Waals surface area contributed by atoms with E-state index in [4.69, 9.17) is 9.47 Å². The molecule has 1 saturated heterocycles. The first-order valence-corrected chi connectivity index (χ1v) is 9.98. The second-order valence-corrected chi connectivity index (χ2v) is 8.26. The molecule has 138 valence electrons. The molecule has 2 aromatic rings. The number of piperidine rings is 1. The molecule has 0 bridgehead atoms. The third-order valence-corrected chi connectivity index (χ3v) is 5.88. The van der Waals surface area contributed by atoms with Crippen molar-refractivity contribution in [2.24, 2.45) is 5.92 Å². The molecule has 0 amide bonds. The second-order valence-electron chi connectivity index (χ2n) is 6.43. The Kier molecular flexibility index (Phi) is 6.05. The van der Waals surface area contributed by atoms with Crippen molar-refractivity contribution in [1.82, 2.24) is 5.32 Å². The summed E-state index contributed by atoms with van der Waals surface area (Å²) in [6, 6.07) is 11.6. The molecule has 0 aromatic heterocycles. The van der Waals surface area contributed by atoms with Gasteiger partial charge < -0.3 is 14.8 Å². The van der Waals surface area contributed by atoms with Gasteiger partial charge in [0.05, 0.1) is 14.2 Å². The largest absolute Gasteiger partial charge is 0.496 e. The first-order chi connectivity index (χ1) is 12.4. The molecule has 26 heavy (non-hydrogen) atoms.